The Morgan fingerprint density at radius 2 is 2.00 bits per heavy atom. The Balaban J connectivity index is 0.00000300. The molecule has 2 aromatic rings. The molecule has 1 aromatic heterocycles. The standard InChI is InChI=1S/C22H32FN5.HI/c1-6-24-21(26-15(2)13-18-16(3)27-28(5)17(18)4)25-14-22(11-12-22)19-9-7-8-10-20(19)23;/h7-10,15H,6,11-14H2,1-5H3,(H2,24,25,26);1H. The molecule has 2 N–H and O–H groups in total. The number of hydrogen-bond acceptors (Lipinski definition) is 2. The molecule has 1 atom stereocenters. The maximum absolute atomic E-state index is 14.2. The number of halogens is 2. The Morgan fingerprint density at radius 1 is 1.31 bits per heavy atom. The van der Waals surface area contributed by atoms with Crippen molar-refractivity contribution in [3.05, 3.63) is 52.6 Å². The Hall–Kier alpha value is -1.64. The summed E-state index contributed by atoms with van der Waals surface area (Å²) in [6.07, 6.45) is 2.86. The van der Waals surface area contributed by atoms with Gasteiger partial charge in [-0.25, -0.2) is 4.39 Å². The van der Waals surface area contributed by atoms with Gasteiger partial charge in [-0.15, -0.1) is 24.0 Å². The van der Waals surface area contributed by atoms with Crippen molar-refractivity contribution in [3.63, 3.8) is 0 Å². The fraction of sp³-hybridized carbons (Fsp3) is 0.545. The summed E-state index contributed by atoms with van der Waals surface area (Å²) >= 11 is 0. The van der Waals surface area contributed by atoms with E-state index in [-0.39, 0.29) is 41.3 Å². The number of guanidine groups is 1. The third-order valence-corrected chi connectivity index (χ3v) is 5.74. The normalized spacial score (nSPS) is 16.1. The number of nitrogens with one attached hydrogen (secondary N) is 2. The minimum absolute atomic E-state index is 0. The van der Waals surface area contributed by atoms with Gasteiger partial charge in [0.15, 0.2) is 5.96 Å². The predicted molar refractivity (Wildman–Crippen MR) is 128 cm³/mol. The van der Waals surface area contributed by atoms with Crippen LogP contribution in [0, 0.1) is 19.7 Å². The summed E-state index contributed by atoms with van der Waals surface area (Å²) in [6.45, 7) is 9.76. The van der Waals surface area contributed by atoms with Crippen molar-refractivity contribution in [2.24, 2.45) is 12.0 Å². The van der Waals surface area contributed by atoms with Crippen LogP contribution in [0.1, 0.15) is 49.2 Å². The van der Waals surface area contributed by atoms with E-state index in [0.29, 0.717) is 6.54 Å². The topological polar surface area (TPSA) is 54.2 Å². The molecular weight excluding hydrogens is 480 g/mol. The molecule has 7 heteroatoms. The second kappa shape index (κ2) is 9.91. The van der Waals surface area contributed by atoms with Crippen LogP contribution < -0.4 is 10.6 Å². The molecule has 1 aliphatic carbocycles. The van der Waals surface area contributed by atoms with Crippen LogP contribution in [-0.2, 0) is 18.9 Å². The van der Waals surface area contributed by atoms with Crippen LogP contribution in [0.5, 0.6) is 0 Å². The Morgan fingerprint density at radius 3 is 2.55 bits per heavy atom. The number of aliphatic imine (C=N–C) groups is 1. The average molecular weight is 513 g/mol. The number of rotatable bonds is 7. The third kappa shape index (κ3) is 5.49. The summed E-state index contributed by atoms with van der Waals surface area (Å²) in [6, 6.07) is 7.31. The highest BCUT2D eigenvalue weighted by Crippen LogP contribution is 2.49. The smallest absolute Gasteiger partial charge is 0.191 e. The van der Waals surface area contributed by atoms with Crippen LogP contribution in [0.15, 0.2) is 29.3 Å². The molecule has 1 unspecified atom stereocenters. The fourth-order valence-corrected chi connectivity index (χ4v) is 3.81. The highest BCUT2D eigenvalue weighted by molar-refractivity contribution is 14.0. The molecule has 1 aromatic carbocycles. The van der Waals surface area contributed by atoms with Crippen LogP contribution in [0.2, 0.25) is 0 Å². The molecule has 160 valence electrons. The number of aryl methyl sites for hydroxylation is 2. The first kappa shape index (κ1) is 23.6. The van der Waals surface area contributed by atoms with Gasteiger partial charge < -0.3 is 10.6 Å². The van der Waals surface area contributed by atoms with Gasteiger partial charge >= 0.3 is 0 Å². The number of aromatic nitrogens is 2. The molecular formula is C22H33FIN5. The van der Waals surface area contributed by atoms with Crippen molar-refractivity contribution in [2.45, 2.75) is 58.4 Å². The van der Waals surface area contributed by atoms with Crippen molar-refractivity contribution in [2.75, 3.05) is 13.1 Å². The van der Waals surface area contributed by atoms with Crippen LogP contribution in [-0.4, -0.2) is 34.9 Å². The van der Waals surface area contributed by atoms with Gasteiger partial charge in [-0.05, 0) is 64.2 Å². The lowest BCUT2D eigenvalue weighted by Gasteiger charge is -2.20. The van der Waals surface area contributed by atoms with Gasteiger partial charge in [-0.2, -0.15) is 5.10 Å². The zero-order chi connectivity index (χ0) is 20.3. The summed E-state index contributed by atoms with van der Waals surface area (Å²) in [4.78, 5) is 4.80. The van der Waals surface area contributed by atoms with Crippen molar-refractivity contribution >= 4 is 29.9 Å². The van der Waals surface area contributed by atoms with Gasteiger partial charge in [-0.1, -0.05) is 18.2 Å². The number of hydrogen-bond donors (Lipinski definition) is 2. The van der Waals surface area contributed by atoms with Crippen LogP contribution >= 0.6 is 24.0 Å². The van der Waals surface area contributed by atoms with Crippen molar-refractivity contribution < 1.29 is 4.39 Å². The zero-order valence-electron chi connectivity index (χ0n) is 18.1. The largest absolute Gasteiger partial charge is 0.357 e. The summed E-state index contributed by atoms with van der Waals surface area (Å²) in [5.41, 5.74) is 4.21. The summed E-state index contributed by atoms with van der Waals surface area (Å²) in [5.74, 6) is 0.667. The Kier molecular flexibility index (Phi) is 8.08. The molecule has 0 amide bonds. The summed E-state index contributed by atoms with van der Waals surface area (Å²) < 4.78 is 16.2. The third-order valence-electron chi connectivity index (χ3n) is 5.74. The lowest BCUT2D eigenvalue weighted by Crippen LogP contribution is -2.43. The van der Waals surface area contributed by atoms with Gasteiger partial charge in [-0.3, -0.25) is 9.67 Å². The lowest BCUT2D eigenvalue weighted by atomic mass is 9.95. The fourth-order valence-electron chi connectivity index (χ4n) is 3.81. The predicted octanol–water partition coefficient (Wildman–Crippen LogP) is 4.01. The van der Waals surface area contributed by atoms with E-state index in [1.807, 2.05) is 23.9 Å². The van der Waals surface area contributed by atoms with E-state index in [1.165, 1.54) is 11.3 Å². The van der Waals surface area contributed by atoms with Crippen molar-refractivity contribution in [1.82, 2.24) is 20.4 Å². The van der Waals surface area contributed by atoms with Gasteiger partial charge in [0.05, 0.1) is 12.2 Å². The lowest BCUT2D eigenvalue weighted by molar-refractivity contribution is 0.570. The molecule has 0 bridgehead atoms. The van der Waals surface area contributed by atoms with Gasteiger partial charge in [0.25, 0.3) is 0 Å². The SMILES string of the molecule is CCNC(=NCC1(c2ccccc2F)CC1)NC(C)Cc1c(C)nn(C)c1C.I. The Labute approximate surface area is 190 Å². The molecule has 29 heavy (non-hydrogen) atoms. The first-order valence-electron chi connectivity index (χ1n) is 10.1. The minimum atomic E-state index is -0.145. The van der Waals surface area contributed by atoms with Crippen LogP contribution in [0.4, 0.5) is 4.39 Å². The summed E-state index contributed by atoms with van der Waals surface area (Å²) in [7, 11) is 1.98. The summed E-state index contributed by atoms with van der Waals surface area (Å²) in [5, 5.41) is 11.3. The van der Waals surface area contributed by atoms with E-state index in [2.05, 4.69) is 43.4 Å². The highest BCUT2D eigenvalue weighted by Gasteiger charge is 2.45. The van der Waals surface area contributed by atoms with Crippen molar-refractivity contribution in [1.29, 1.82) is 0 Å². The molecule has 1 saturated carbocycles. The Bertz CT molecular complexity index is 857. The zero-order valence-corrected chi connectivity index (χ0v) is 20.4. The second-order valence-electron chi connectivity index (χ2n) is 7.98. The molecule has 1 heterocycles. The first-order valence-corrected chi connectivity index (χ1v) is 10.1. The van der Waals surface area contributed by atoms with E-state index in [4.69, 9.17) is 4.99 Å². The van der Waals surface area contributed by atoms with Gasteiger partial charge in [0.2, 0.25) is 0 Å². The molecule has 0 radical (unpaired) electrons. The van der Waals surface area contributed by atoms with Crippen LogP contribution in [0.25, 0.3) is 0 Å². The quantitative estimate of drug-likeness (QED) is 0.334. The minimum Gasteiger partial charge on any atom is -0.357 e. The van der Waals surface area contributed by atoms with Crippen molar-refractivity contribution in [3.8, 4) is 0 Å². The van der Waals surface area contributed by atoms with E-state index in [9.17, 15) is 4.39 Å². The molecule has 3 rings (SSSR count). The van der Waals surface area contributed by atoms with Crippen LogP contribution in [0.3, 0.4) is 0 Å². The molecule has 1 aliphatic rings. The van der Waals surface area contributed by atoms with E-state index in [1.54, 1.807) is 12.1 Å². The van der Waals surface area contributed by atoms with Gasteiger partial charge in [0.1, 0.15) is 5.82 Å². The van der Waals surface area contributed by atoms with E-state index in [0.717, 1.165) is 43.0 Å². The monoisotopic (exact) mass is 513 g/mol. The number of nitrogens with zero attached hydrogens (tertiary/aromatic N) is 3. The highest BCUT2D eigenvalue weighted by atomic mass is 127. The van der Waals surface area contributed by atoms with Gasteiger partial charge in [0, 0.05) is 30.7 Å². The number of benzene rings is 1. The average Bonchev–Trinajstić information content (AvgIpc) is 3.40. The maximum Gasteiger partial charge on any atom is 0.191 e. The molecule has 0 saturated heterocycles. The van der Waals surface area contributed by atoms with E-state index < -0.39 is 0 Å². The maximum atomic E-state index is 14.2. The molecule has 0 spiro atoms. The second-order valence-corrected chi connectivity index (χ2v) is 7.98. The first-order chi connectivity index (χ1) is 13.4. The molecule has 5 nitrogen and oxygen atoms in total. The molecule has 1 fully saturated rings. The molecule has 0 aliphatic heterocycles. The van der Waals surface area contributed by atoms with E-state index >= 15 is 0 Å².